The van der Waals surface area contributed by atoms with Gasteiger partial charge in [-0.1, -0.05) is 30.3 Å². The lowest BCUT2D eigenvalue weighted by molar-refractivity contribution is 0.0612. The lowest BCUT2D eigenvalue weighted by Gasteiger charge is -2.23. The quantitative estimate of drug-likeness (QED) is 0.680. The molecule has 0 aromatic heterocycles. The number of rotatable bonds is 1. The average molecular weight is 163 g/mol. The maximum Gasteiger partial charge on any atom is 0.0969 e. The second-order valence-corrected chi connectivity index (χ2v) is 3.01. The second-order valence-electron chi connectivity index (χ2n) is 3.01. The molecule has 64 valence electrons. The van der Waals surface area contributed by atoms with Crippen LogP contribution in [-0.4, -0.2) is 13.3 Å². The predicted molar refractivity (Wildman–Crippen MR) is 47.8 cm³/mol. The zero-order chi connectivity index (χ0) is 8.23. The van der Waals surface area contributed by atoms with Crippen LogP contribution in [0.15, 0.2) is 30.3 Å². The largest absolute Gasteiger partial charge is 0.366 e. The Hall–Kier alpha value is -0.860. The minimum absolute atomic E-state index is 0.486. The van der Waals surface area contributed by atoms with Crippen molar-refractivity contribution in [1.82, 2.24) is 5.32 Å². The predicted octanol–water partition coefficient (Wildman–Crippen LogP) is 1.70. The van der Waals surface area contributed by atoms with Gasteiger partial charge in [0.25, 0.3) is 0 Å². The molecule has 0 bridgehead atoms. The molecule has 1 atom stereocenters. The van der Waals surface area contributed by atoms with Gasteiger partial charge in [-0.3, -0.25) is 5.32 Å². The third-order valence-electron chi connectivity index (χ3n) is 2.18. The van der Waals surface area contributed by atoms with Gasteiger partial charge in [0, 0.05) is 6.04 Å². The van der Waals surface area contributed by atoms with Gasteiger partial charge in [-0.15, -0.1) is 0 Å². The van der Waals surface area contributed by atoms with Crippen LogP contribution >= 0.6 is 0 Å². The number of hydrogen-bond acceptors (Lipinski definition) is 2. The zero-order valence-electron chi connectivity index (χ0n) is 6.99. The summed E-state index contributed by atoms with van der Waals surface area (Å²) < 4.78 is 5.21. The first kappa shape index (κ1) is 7.77. The molecule has 1 aromatic carbocycles. The van der Waals surface area contributed by atoms with E-state index in [-0.39, 0.29) is 0 Å². The fourth-order valence-electron chi connectivity index (χ4n) is 1.50. The molecule has 2 heteroatoms. The fraction of sp³-hybridized carbons (Fsp3) is 0.400. The molecule has 1 heterocycles. The summed E-state index contributed by atoms with van der Waals surface area (Å²) in [7, 11) is 0. The zero-order valence-corrected chi connectivity index (χ0v) is 6.99. The lowest BCUT2D eigenvalue weighted by atomic mass is 10.0. The summed E-state index contributed by atoms with van der Waals surface area (Å²) in [5.74, 6) is 0. The van der Waals surface area contributed by atoms with Crippen molar-refractivity contribution in [2.75, 3.05) is 13.3 Å². The first-order valence-electron chi connectivity index (χ1n) is 4.33. The first-order valence-corrected chi connectivity index (χ1v) is 4.33. The average Bonchev–Trinajstić information content (AvgIpc) is 2.21. The molecule has 0 amide bonds. The van der Waals surface area contributed by atoms with E-state index in [2.05, 4.69) is 29.6 Å². The van der Waals surface area contributed by atoms with Crippen LogP contribution in [0.1, 0.15) is 18.0 Å². The van der Waals surface area contributed by atoms with E-state index in [0.29, 0.717) is 12.8 Å². The number of benzene rings is 1. The summed E-state index contributed by atoms with van der Waals surface area (Å²) in [5, 5.41) is 3.31. The Labute approximate surface area is 72.5 Å². The van der Waals surface area contributed by atoms with Gasteiger partial charge in [-0.05, 0) is 12.0 Å². The maximum absolute atomic E-state index is 5.21. The summed E-state index contributed by atoms with van der Waals surface area (Å²) >= 11 is 0. The molecule has 1 N–H and O–H groups in total. The molecule has 12 heavy (non-hydrogen) atoms. The van der Waals surface area contributed by atoms with E-state index in [4.69, 9.17) is 4.74 Å². The molecule has 1 fully saturated rings. The minimum Gasteiger partial charge on any atom is -0.366 e. The Morgan fingerprint density at radius 1 is 1.25 bits per heavy atom. The Kier molecular flexibility index (Phi) is 2.39. The van der Waals surface area contributed by atoms with Crippen molar-refractivity contribution in [3.63, 3.8) is 0 Å². The molecule has 2 rings (SSSR count). The molecule has 0 saturated carbocycles. The Morgan fingerprint density at radius 2 is 2.08 bits per heavy atom. The molecule has 0 spiro atoms. The van der Waals surface area contributed by atoms with Crippen LogP contribution in [0.25, 0.3) is 0 Å². The molecule has 0 radical (unpaired) electrons. The van der Waals surface area contributed by atoms with Gasteiger partial charge in [-0.2, -0.15) is 0 Å². The number of ether oxygens (including phenoxy) is 1. The normalized spacial score (nSPS) is 23.8. The molecule has 1 unspecified atom stereocenters. The van der Waals surface area contributed by atoms with Gasteiger partial charge >= 0.3 is 0 Å². The van der Waals surface area contributed by atoms with Crippen molar-refractivity contribution in [2.24, 2.45) is 0 Å². The molecule has 1 aromatic rings. The molecular formula is C10H13NO. The van der Waals surface area contributed by atoms with Crippen LogP contribution in [0.4, 0.5) is 0 Å². The van der Waals surface area contributed by atoms with Crippen molar-refractivity contribution in [1.29, 1.82) is 0 Å². The van der Waals surface area contributed by atoms with E-state index in [0.717, 1.165) is 13.0 Å². The van der Waals surface area contributed by atoms with Crippen molar-refractivity contribution in [3.05, 3.63) is 35.9 Å². The summed E-state index contributed by atoms with van der Waals surface area (Å²) in [4.78, 5) is 0. The number of hydrogen-bond donors (Lipinski definition) is 1. The summed E-state index contributed by atoms with van der Waals surface area (Å²) in [5.41, 5.74) is 1.36. The van der Waals surface area contributed by atoms with Gasteiger partial charge in [-0.25, -0.2) is 0 Å². The minimum atomic E-state index is 0.486. The smallest absolute Gasteiger partial charge is 0.0969 e. The highest BCUT2D eigenvalue weighted by atomic mass is 16.5. The highest BCUT2D eigenvalue weighted by molar-refractivity contribution is 5.18. The molecule has 1 saturated heterocycles. The third kappa shape index (κ3) is 1.65. The van der Waals surface area contributed by atoms with Crippen LogP contribution in [0.3, 0.4) is 0 Å². The SMILES string of the molecule is c1ccc(C2CCOCN2)cc1. The van der Waals surface area contributed by atoms with Crippen molar-refractivity contribution in [2.45, 2.75) is 12.5 Å². The first-order chi connectivity index (χ1) is 5.97. The van der Waals surface area contributed by atoms with Crippen molar-refractivity contribution < 1.29 is 4.74 Å². The summed E-state index contributed by atoms with van der Waals surface area (Å²) in [6, 6.07) is 11.0. The van der Waals surface area contributed by atoms with Crippen LogP contribution in [0.2, 0.25) is 0 Å². The molecule has 1 aliphatic heterocycles. The fourth-order valence-corrected chi connectivity index (χ4v) is 1.50. The Balaban J connectivity index is 2.08. The van der Waals surface area contributed by atoms with Gasteiger partial charge in [0.2, 0.25) is 0 Å². The maximum atomic E-state index is 5.21. The number of nitrogens with one attached hydrogen (secondary N) is 1. The lowest BCUT2D eigenvalue weighted by Crippen LogP contribution is -2.30. The highest BCUT2D eigenvalue weighted by Crippen LogP contribution is 2.18. The van der Waals surface area contributed by atoms with Gasteiger partial charge in [0.1, 0.15) is 0 Å². The topological polar surface area (TPSA) is 21.3 Å². The van der Waals surface area contributed by atoms with E-state index in [9.17, 15) is 0 Å². The molecule has 1 aliphatic rings. The van der Waals surface area contributed by atoms with E-state index in [1.54, 1.807) is 0 Å². The van der Waals surface area contributed by atoms with E-state index >= 15 is 0 Å². The van der Waals surface area contributed by atoms with Crippen molar-refractivity contribution in [3.8, 4) is 0 Å². The Bertz CT molecular complexity index is 229. The molecular weight excluding hydrogens is 150 g/mol. The van der Waals surface area contributed by atoms with E-state index in [1.807, 2.05) is 6.07 Å². The molecule has 0 aliphatic carbocycles. The highest BCUT2D eigenvalue weighted by Gasteiger charge is 2.13. The van der Waals surface area contributed by atoms with E-state index < -0.39 is 0 Å². The molecule has 2 nitrogen and oxygen atoms in total. The van der Waals surface area contributed by atoms with Crippen molar-refractivity contribution >= 4 is 0 Å². The van der Waals surface area contributed by atoms with Crippen LogP contribution in [0, 0.1) is 0 Å². The van der Waals surface area contributed by atoms with Gasteiger partial charge in [0.15, 0.2) is 0 Å². The van der Waals surface area contributed by atoms with Gasteiger partial charge < -0.3 is 4.74 Å². The van der Waals surface area contributed by atoms with Crippen LogP contribution in [-0.2, 0) is 4.74 Å². The second kappa shape index (κ2) is 3.70. The third-order valence-corrected chi connectivity index (χ3v) is 2.18. The standard InChI is InChI=1S/C10H13NO/c1-2-4-9(5-3-1)10-6-7-12-8-11-10/h1-5,10-11H,6-8H2. The van der Waals surface area contributed by atoms with Crippen LogP contribution in [0.5, 0.6) is 0 Å². The van der Waals surface area contributed by atoms with E-state index in [1.165, 1.54) is 5.56 Å². The van der Waals surface area contributed by atoms with Crippen LogP contribution < -0.4 is 5.32 Å². The Morgan fingerprint density at radius 3 is 2.75 bits per heavy atom. The summed E-state index contributed by atoms with van der Waals surface area (Å²) in [6.07, 6.45) is 1.07. The monoisotopic (exact) mass is 163 g/mol. The summed E-state index contributed by atoms with van der Waals surface area (Å²) in [6.45, 7) is 1.55. The van der Waals surface area contributed by atoms with Gasteiger partial charge in [0.05, 0.1) is 13.3 Å².